The zero-order valence-electron chi connectivity index (χ0n) is 7.38. The molecule has 0 heterocycles. The Balaban J connectivity index is 2.94. The van der Waals surface area contributed by atoms with Gasteiger partial charge in [-0.15, -0.1) is 0 Å². The smallest absolute Gasteiger partial charge is 0.134 e. The van der Waals surface area contributed by atoms with Gasteiger partial charge >= 0.3 is 0 Å². The van der Waals surface area contributed by atoms with Crippen molar-refractivity contribution >= 4 is 21.7 Å². The molecular formula is C10H11BrO2. The maximum atomic E-state index is 10.8. The van der Waals surface area contributed by atoms with Crippen LogP contribution in [-0.2, 0) is 16.5 Å². The quantitative estimate of drug-likeness (QED) is 0.827. The van der Waals surface area contributed by atoms with Crippen LogP contribution >= 0.6 is 15.9 Å². The highest BCUT2D eigenvalue weighted by Gasteiger charge is 2.01. The number of halogens is 1. The van der Waals surface area contributed by atoms with Gasteiger partial charge in [-0.1, -0.05) is 22.0 Å². The van der Waals surface area contributed by atoms with Crippen molar-refractivity contribution in [3.05, 3.63) is 29.3 Å². The monoisotopic (exact) mass is 242 g/mol. The molecule has 0 aliphatic heterocycles. The Bertz CT molecular complexity index is 321. The lowest BCUT2D eigenvalue weighted by molar-refractivity contribution is -0.116. The van der Waals surface area contributed by atoms with Crippen LogP contribution in [-0.4, -0.2) is 10.9 Å². The number of phenolic OH excluding ortho intramolecular Hbond substituents is 1. The molecule has 1 aromatic rings. The molecule has 3 heteroatoms. The fourth-order valence-corrected chi connectivity index (χ4v) is 1.53. The van der Waals surface area contributed by atoms with Crippen LogP contribution in [0.3, 0.4) is 0 Å². The second-order valence-electron chi connectivity index (χ2n) is 3.02. The van der Waals surface area contributed by atoms with Gasteiger partial charge in [0.1, 0.15) is 11.5 Å². The third-order valence-electron chi connectivity index (χ3n) is 1.64. The summed E-state index contributed by atoms with van der Waals surface area (Å²) in [5.74, 6) is 0.319. The third-order valence-corrected chi connectivity index (χ3v) is 2.29. The van der Waals surface area contributed by atoms with E-state index in [9.17, 15) is 9.90 Å². The first-order valence-corrected chi connectivity index (χ1v) is 5.11. The summed E-state index contributed by atoms with van der Waals surface area (Å²) in [5, 5.41) is 9.99. The molecule has 2 nitrogen and oxygen atoms in total. The van der Waals surface area contributed by atoms with E-state index >= 15 is 0 Å². The highest BCUT2D eigenvalue weighted by atomic mass is 79.9. The number of hydrogen-bond acceptors (Lipinski definition) is 2. The number of aromatic hydroxyl groups is 1. The van der Waals surface area contributed by atoms with Gasteiger partial charge in [0, 0.05) is 11.8 Å². The van der Waals surface area contributed by atoms with Gasteiger partial charge < -0.3 is 5.11 Å². The minimum absolute atomic E-state index is 0.103. The number of carbonyl (C=O) groups excluding carboxylic acids is 1. The highest BCUT2D eigenvalue weighted by molar-refractivity contribution is 9.08. The molecule has 0 saturated carbocycles. The van der Waals surface area contributed by atoms with Crippen molar-refractivity contribution in [3.8, 4) is 5.75 Å². The minimum atomic E-state index is 0.103. The molecule has 0 atom stereocenters. The van der Waals surface area contributed by atoms with E-state index in [4.69, 9.17) is 0 Å². The lowest BCUT2D eigenvalue weighted by atomic mass is 10.1. The molecule has 0 amide bonds. The van der Waals surface area contributed by atoms with Crippen LogP contribution in [0.4, 0.5) is 0 Å². The summed E-state index contributed by atoms with van der Waals surface area (Å²) < 4.78 is 0. The normalized spacial score (nSPS) is 10.0. The largest absolute Gasteiger partial charge is 0.508 e. The van der Waals surface area contributed by atoms with Gasteiger partial charge in [-0.05, 0) is 30.2 Å². The summed E-state index contributed by atoms with van der Waals surface area (Å²) in [7, 11) is 0. The van der Waals surface area contributed by atoms with Crippen molar-refractivity contribution in [2.75, 3.05) is 0 Å². The summed E-state index contributed by atoms with van der Waals surface area (Å²) in [4.78, 5) is 10.8. The van der Waals surface area contributed by atoms with Crippen molar-refractivity contribution in [2.24, 2.45) is 0 Å². The zero-order chi connectivity index (χ0) is 9.84. The molecule has 0 saturated heterocycles. The number of alkyl halides is 1. The SMILES string of the molecule is CC(=O)Cc1cc(O)cc(CBr)c1. The second kappa shape index (κ2) is 4.42. The summed E-state index contributed by atoms with van der Waals surface area (Å²) in [6.45, 7) is 1.54. The van der Waals surface area contributed by atoms with Crippen molar-refractivity contribution < 1.29 is 9.90 Å². The van der Waals surface area contributed by atoms with Crippen LogP contribution < -0.4 is 0 Å². The van der Waals surface area contributed by atoms with Gasteiger partial charge in [0.2, 0.25) is 0 Å². The first-order chi connectivity index (χ1) is 6.11. The van der Waals surface area contributed by atoms with Crippen LogP contribution in [0, 0.1) is 0 Å². The Kier molecular flexibility index (Phi) is 3.48. The Labute approximate surface area is 85.7 Å². The van der Waals surface area contributed by atoms with Crippen molar-refractivity contribution in [2.45, 2.75) is 18.7 Å². The predicted octanol–water partition coefficient (Wildman–Crippen LogP) is 2.42. The predicted molar refractivity (Wildman–Crippen MR) is 55.1 cm³/mol. The molecule has 0 aliphatic carbocycles. The van der Waals surface area contributed by atoms with Crippen LogP contribution in [0.5, 0.6) is 5.75 Å². The second-order valence-corrected chi connectivity index (χ2v) is 3.58. The van der Waals surface area contributed by atoms with Crippen molar-refractivity contribution in [3.63, 3.8) is 0 Å². The number of rotatable bonds is 3. The van der Waals surface area contributed by atoms with Gasteiger partial charge in [-0.25, -0.2) is 0 Å². The minimum Gasteiger partial charge on any atom is -0.508 e. The van der Waals surface area contributed by atoms with E-state index in [1.54, 1.807) is 12.1 Å². The number of carbonyl (C=O) groups is 1. The fourth-order valence-electron chi connectivity index (χ4n) is 1.21. The van der Waals surface area contributed by atoms with Gasteiger partial charge in [-0.2, -0.15) is 0 Å². The molecule has 0 aromatic heterocycles. The molecule has 0 radical (unpaired) electrons. The molecule has 0 fully saturated rings. The molecule has 13 heavy (non-hydrogen) atoms. The van der Waals surface area contributed by atoms with Crippen LogP contribution in [0.1, 0.15) is 18.1 Å². The molecule has 0 aliphatic rings. The van der Waals surface area contributed by atoms with Crippen molar-refractivity contribution in [1.82, 2.24) is 0 Å². The van der Waals surface area contributed by atoms with E-state index in [0.717, 1.165) is 11.1 Å². The maximum Gasteiger partial charge on any atom is 0.134 e. The summed E-state index contributed by atoms with van der Waals surface area (Å²) >= 11 is 3.30. The van der Waals surface area contributed by atoms with E-state index in [1.165, 1.54) is 6.92 Å². The highest BCUT2D eigenvalue weighted by Crippen LogP contribution is 2.18. The standard InChI is InChI=1S/C10H11BrO2/c1-7(12)2-8-3-9(6-11)5-10(13)4-8/h3-5,13H,2,6H2,1H3. The first-order valence-electron chi connectivity index (χ1n) is 3.99. The maximum absolute atomic E-state index is 10.8. The number of Topliss-reactive ketones (excluding diaryl/α,β-unsaturated/α-hetero) is 1. The molecule has 1 N–H and O–H groups in total. The van der Waals surface area contributed by atoms with Gasteiger partial charge in [0.15, 0.2) is 0 Å². The summed E-state index contributed by atoms with van der Waals surface area (Å²) in [6.07, 6.45) is 0.383. The van der Waals surface area contributed by atoms with Gasteiger partial charge in [0.25, 0.3) is 0 Å². The lowest BCUT2D eigenvalue weighted by Crippen LogP contribution is -1.96. The van der Waals surface area contributed by atoms with E-state index < -0.39 is 0 Å². The average molecular weight is 243 g/mol. The summed E-state index contributed by atoms with van der Waals surface area (Å²) in [5.41, 5.74) is 1.85. The molecule has 0 spiro atoms. The van der Waals surface area contributed by atoms with Crippen molar-refractivity contribution in [1.29, 1.82) is 0 Å². The van der Waals surface area contributed by atoms with Gasteiger partial charge in [0.05, 0.1) is 0 Å². The van der Waals surface area contributed by atoms with Crippen LogP contribution in [0.25, 0.3) is 0 Å². The lowest BCUT2D eigenvalue weighted by Gasteiger charge is -2.02. The van der Waals surface area contributed by atoms with Gasteiger partial charge in [-0.3, -0.25) is 4.79 Å². The van der Waals surface area contributed by atoms with E-state index in [0.29, 0.717) is 11.8 Å². The number of benzene rings is 1. The Hall–Kier alpha value is -0.830. The molecule has 0 bridgehead atoms. The Morgan fingerprint density at radius 1 is 1.38 bits per heavy atom. The third kappa shape index (κ3) is 3.19. The Morgan fingerprint density at radius 3 is 2.54 bits per heavy atom. The molecule has 70 valence electrons. The zero-order valence-corrected chi connectivity index (χ0v) is 8.97. The van der Waals surface area contributed by atoms with Crippen LogP contribution in [0.2, 0.25) is 0 Å². The Morgan fingerprint density at radius 2 is 2.00 bits per heavy atom. The number of phenols is 1. The van der Waals surface area contributed by atoms with E-state index in [-0.39, 0.29) is 11.5 Å². The average Bonchev–Trinajstić information content (AvgIpc) is 2.01. The molecule has 0 unspecified atom stereocenters. The first kappa shape index (κ1) is 10.3. The van der Waals surface area contributed by atoms with Crippen LogP contribution in [0.15, 0.2) is 18.2 Å². The summed E-state index contributed by atoms with van der Waals surface area (Å²) in [6, 6.07) is 5.21. The molecular weight excluding hydrogens is 232 g/mol. The number of hydrogen-bond donors (Lipinski definition) is 1. The number of ketones is 1. The molecule has 1 rings (SSSR count). The van der Waals surface area contributed by atoms with E-state index in [2.05, 4.69) is 15.9 Å². The molecule has 1 aromatic carbocycles. The van der Waals surface area contributed by atoms with E-state index in [1.807, 2.05) is 6.07 Å². The fraction of sp³-hybridized carbons (Fsp3) is 0.300. The topological polar surface area (TPSA) is 37.3 Å².